The van der Waals surface area contributed by atoms with Gasteiger partial charge in [-0.2, -0.15) is 0 Å². The van der Waals surface area contributed by atoms with Crippen LogP contribution in [0.3, 0.4) is 0 Å². The van der Waals surface area contributed by atoms with Crippen molar-refractivity contribution in [2.75, 3.05) is 5.32 Å². The maximum Gasteiger partial charge on any atom is 0.288 e. The number of hydrogen-bond acceptors (Lipinski definition) is 5. The maximum absolute atomic E-state index is 12.1. The highest BCUT2D eigenvalue weighted by Crippen LogP contribution is 2.29. The normalized spacial score (nSPS) is 10.2. The van der Waals surface area contributed by atoms with Crippen molar-refractivity contribution in [2.45, 2.75) is 0 Å². The fourth-order valence-electron chi connectivity index (χ4n) is 1.71. The van der Waals surface area contributed by atoms with Crippen LogP contribution in [-0.4, -0.2) is 15.8 Å². The SMILES string of the molecule is O=C(Nc1ccc([N+](=O)[O-])cc1Br)c1ccc(Cl)c([N+](=O)[O-])c1. The number of rotatable bonds is 4. The minimum atomic E-state index is -0.694. The number of benzene rings is 2. The van der Waals surface area contributed by atoms with Gasteiger partial charge in [0.2, 0.25) is 0 Å². The van der Waals surface area contributed by atoms with Crippen LogP contribution in [0.25, 0.3) is 0 Å². The van der Waals surface area contributed by atoms with Crippen molar-refractivity contribution >= 4 is 50.5 Å². The standard InChI is InChI=1S/C13H7BrClN3O5/c14-9-6-8(17(20)21)2-4-11(9)16-13(19)7-1-3-10(15)12(5-7)18(22)23/h1-6H,(H,16,19). The average Bonchev–Trinajstić information content (AvgIpc) is 2.49. The monoisotopic (exact) mass is 399 g/mol. The summed E-state index contributed by atoms with van der Waals surface area (Å²) in [6.07, 6.45) is 0. The lowest BCUT2D eigenvalue weighted by Crippen LogP contribution is -2.12. The van der Waals surface area contributed by atoms with Crippen LogP contribution in [0.1, 0.15) is 10.4 Å². The van der Waals surface area contributed by atoms with Crippen molar-refractivity contribution in [3.05, 3.63) is 71.7 Å². The van der Waals surface area contributed by atoms with E-state index in [2.05, 4.69) is 21.2 Å². The smallest absolute Gasteiger partial charge is 0.288 e. The number of nitro groups is 2. The summed E-state index contributed by atoms with van der Waals surface area (Å²) >= 11 is 8.80. The second-order valence-electron chi connectivity index (χ2n) is 4.30. The number of nitrogens with one attached hydrogen (secondary N) is 1. The maximum atomic E-state index is 12.1. The third kappa shape index (κ3) is 3.82. The highest BCUT2D eigenvalue weighted by atomic mass is 79.9. The molecule has 2 aromatic carbocycles. The second kappa shape index (κ2) is 6.71. The molecule has 23 heavy (non-hydrogen) atoms. The number of amides is 1. The zero-order valence-electron chi connectivity index (χ0n) is 11.2. The Hall–Kier alpha value is -2.52. The number of nitro benzene ring substituents is 2. The largest absolute Gasteiger partial charge is 0.321 e. The Bertz CT molecular complexity index is 827. The quantitative estimate of drug-likeness (QED) is 0.611. The number of hydrogen-bond donors (Lipinski definition) is 1. The first-order chi connectivity index (χ1) is 10.8. The Morgan fingerprint density at radius 1 is 1.09 bits per heavy atom. The molecule has 0 spiro atoms. The number of anilines is 1. The lowest BCUT2D eigenvalue weighted by molar-refractivity contribution is -0.385. The van der Waals surface area contributed by atoms with Gasteiger partial charge in [-0.15, -0.1) is 0 Å². The molecule has 0 aliphatic carbocycles. The van der Waals surface area contributed by atoms with E-state index in [1.165, 1.54) is 30.3 Å². The molecule has 2 aromatic rings. The molecule has 0 saturated carbocycles. The summed E-state index contributed by atoms with van der Waals surface area (Å²) in [4.78, 5) is 32.4. The lowest BCUT2D eigenvalue weighted by atomic mass is 10.2. The predicted molar refractivity (Wildman–Crippen MR) is 86.9 cm³/mol. The molecule has 0 aliphatic heterocycles. The van der Waals surface area contributed by atoms with Crippen LogP contribution < -0.4 is 5.32 Å². The average molecular weight is 401 g/mol. The van der Waals surface area contributed by atoms with Gasteiger partial charge < -0.3 is 5.32 Å². The molecule has 0 fully saturated rings. The second-order valence-corrected chi connectivity index (χ2v) is 5.56. The van der Waals surface area contributed by atoms with Gasteiger partial charge in [0.15, 0.2) is 0 Å². The van der Waals surface area contributed by atoms with Crippen molar-refractivity contribution in [2.24, 2.45) is 0 Å². The summed E-state index contributed by atoms with van der Waals surface area (Å²) in [7, 11) is 0. The van der Waals surface area contributed by atoms with Crippen molar-refractivity contribution in [3.63, 3.8) is 0 Å². The summed E-state index contributed by atoms with van der Waals surface area (Å²) in [6, 6.07) is 7.45. The van der Waals surface area contributed by atoms with Crippen molar-refractivity contribution in [1.29, 1.82) is 0 Å². The van der Waals surface area contributed by atoms with E-state index in [0.29, 0.717) is 10.2 Å². The molecule has 0 aliphatic rings. The molecule has 0 radical (unpaired) electrons. The van der Waals surface area contributed by atoms with E-state index in [0.717, 1.165) is 6.07 Å². The third-order valence-corrected chi connectivity index (χ3v) is 3.79. The minimum absolute atomic E-state index is 0.0337. The van der Waals surface area contributed by atoms with Crippen molar-refractivity contribution in [1.82, 2.24) is 0 Å². The Balaban J connectivity index is 2.27. The molecule has 0 saturated heterocycles. The van der Waals surface area contributed by atoms with Gasteiger partial charge in [0.25, 0.3) is 17.3 Å². The van der Waals surface area contributed by atoms with Crippen LogP contribution in [-0.2, 0) is 0 Å². The van der Waals surface area contributed by atoms with E-state index in [-0.39, 0.29) is 22.0 Å². The van der Waals surface area contributed by atoms with Crippen LogP contribution in [0, 0.1) is 20.2 Å². The third-order valence-electron chi connectivity index (χ3n) is 2.82. The lowest BCUT2D eigenvalue weighted by Gasteiger charge is -2.07. The topological polar surface area (TPSA) is 115 Å². The molecule has 0 unspecified atom stereocenters. The van der Waals surface area contributed by atoms with Gasteiger partial charge in [-0.3, -0.25) is 25.0 Å². The van der Waals surface area contributed by atoms with Crippen LogP contribution in [0.4, 0.5) is 17.1 Å². The Morgan fingerprint density at radius 3 is 2.35 bits per heavy atom. The van der Waals surface area contributed by atoms with E-state index in [4.69, 9.17) is 11.6 Å². The minimum Gasteiger partial charge on any atom is -0.321 e. The fourth-order valence-corrected chi connectivity index (χ4v) is 2.36. The van der Waals surface area contributed by atoms with E-state index < -0.39 is 15.8 Å². The molecule has 0 aromatic heterocycles. The summed E-state index contributed by atoms with van der Waals surface area (Å²) < 4.78 is 0.309. The molecule has 1 amide bonds. The van der Waals surface area contributed by atoms with E-state index in [9.17, 15) is 25.0 Å². The molecule has 1 N–H and O–H groups in total. The summed E-state index contributed by atoms with van der Waals surface area (Å²) in [5.41, 5.74) is -0.205. The van der Waals surface area contributed by atoms with Gasteiger partial charge in [0.05, 0.1) is 15.5 Å². The van der Waals surface area contributed by atoms with Crippen LogP contribution in [0.15, 0.2) is 40.9 Å². The zero-order chi connectivity index (χ0) is 17.1. The number of halogens is 2. The van der Waals surface area contributed by atoms with Gasteiger partial charge in [-0.05, 0) is 34.1 Å². The summed E-state index contributed by atoms with van der Waals surface area (Å²) in [5, 5.41) is 23.9. The Kier molecular flexibility index (Phi) is 4.92. The number of carbonyl (C=O) groups excluding carboxylic acids is 1. The highest BCUT2D eigenvalue weighted by Gasteiger charge is 2.17. The fraction of sp³-hybridized carbons (Fsp3) is 0. The van der Waals surface area contributed by atoms with Gasteiger partial charge in [0, 0.05) is 28.2 Å². The van der Waals surface area contributed by atoms with E-state index in [1.54, 1.807) is 0 Å². The zero-order valence-corrected chi connectivity index (χ0v) is 13.5. The van der Waals surface area contributed by atoms with Gasteiger partial charge in [-0.1, -0.05) is 11.6 Å². The van der Waals surface area contributed by atoms with Crippen molar-refractivity contribution < 1.29 is 14.6 Å². The molecular formula is C13H7BrClN3O5. The van der Waals surface area contributed by atoms with E-state index in [1.807, 2.05) is 0 Å². The summed E-state index contributed by atoms with van der Waals surface area (Å²) in [6.45, 7) is 0. The van der Waals surface area contributed by atoms with Crippen LogP contribution in [0.5, 0.6) is 0 Å². The molecule has 8 nitrogen and oxygen atoms in total. The first kappa shape index (κ1) is 16.8. The highest BCUT2D eigenvalue weighted by molar-refractivity contribution is 9.10. The first-order valence-corrected chi connectivity index (χ1v) is 7.16. The number of carbonyl (C=O) groups is 1. The predicted octanol–water partition coefficient (Wildman–Crippen LogP) is 4.17. The molecule has 10 heteroatoms. The molecule has 118 valence electrons. The number of nitrogens with zero attached hydrogens (tertiary/aromatic N) is 2. The molecule has 0 atom stereocenters. The van der Waals surface area contributed by atoms with Gasteiger partial charge in [-0.25, -0.2) is 0 Å². The first-order valence-electron chi connectivity index (χ1n) is 5.99. The van der Waals surface area contributed by atoms with Crippen LogP contribution >= 0.6 is 27.5 Å². The van der Waals surface area contributed by atoms with E-state index >= 15 is 0 Å². The molecular weight excluding hydrogens is 394 g/mol. The molecule has 0 bridgehead atoms. The van der Waals surface area contributed by atoms with Crippen LogP contribution in [0.2, 0.25) is 5.02 Å². The molecule has 0 heterocycles. The van der Waals surface area contributed by atoms with Gasteiger partial charge in [0.1, 0.15) is 5.02 Å². The van der Waals surface area contributed by atoms with Crippen molar-refractivity contribution in [3.8, 4) is 0 Å². The Morgan fingerprint density at radius 2 is 1.78 bits per heavy atom. The number of non-ortho nitro benzene ring substituents is 1. The summed E-state index contributed by atoms with van der Waals surface area (Å²) in [5.74, 6) is -0.612. The molecule has 2 rings (SSSR count). The Labute approximate surface area is 142 Å². The van der Waals surface area contributed by atoms with Gasteiger partial charge >= 0.3 is 0 Å².